The summed E-state index contributed by atoms with van der Waals surface area (Å²) < 4.78 is 59.1. The van der Waals surface area contributed by atoms with E-state index < -0.39 is 29.9 Å². The number of halogens is 5. The molecular weight excluding hydrogens is 864 g/mol. The van der Waals surface area contributed by atoms with Crippen LogP contribution in [0.15, 0.2) is 48.9 Å². The Morgan fingerprint density at radius 3 is 2.30 bits per heavy atom. The standard InChI is InChI=1S/C42H49ClF4N12O5/c1-55-34(32-22-58(54-37(32)42(45,46)47)35-5-3-29(19-51-35)50-20-30-14-27(44)18-49-30)21-52-38(55)39(62)53-28-2-4-31(33(43)15-28)41(64)57-10-8-56(9-11-57)40(63)26-6-12-59(13-7-26,24-36(60)61)23-25-16-48-17-25/h2-5,15,19,21-22,25-27,30,48-50H,6-14,16-18,20,23-24H2,1H3,(H-,53,60,61,62,64)/t26?,27-,30-,59?/m0/s1. The molecule has 8 rings (SSSR count). The summed E-state index contributed by atoms with van der Waals surface area (Å²) in [5, 5.41) is 27.5. The Hall–Kier alpha value is -5.64. The van der Waals surface area contributed by atoms with Gasteiger partial charge in [0, 0.05) is 102 Å². The monoisotopic (exact) mass is 912 g/mol. The summed E-state index contributed by atoms with van der Waals surface area (Å²) in [5.41, 5.74) is -0.588. The summed E-state index contributed by atoms with van der Waals surface area (Å²) in [5.74, 6) is -2.06. The lowest BCUT2D eigenvalue weighted by Crippen LogP contribution is -2.63. The van der Waals surface area contributed by atoms with E-state index in [0.717, 1.165) is 36.7 Å². The second kappa shape index (κ2) is 18.5. The Kier molecular flexibility index (Phi) is 13.0. The van der Waals surface area contributed by atoms with Crippen molar-refractivity contribution in [2.45, 2.75) is 37.7 Å². The van der Waals surface area contributed by atoms with Crippen molar-refractivity contribution in [3.05, 3.63) is 71.0 Å². The van der Waals surface area contributed by atoms with Crippen LogP contribution in [0.4, 0.5) is 28.9 Å². The number of quaternary nitrogens is 1. The van der Waals surface area contributed by atoms with E-state index in [0.29, 0.717) is 68.1 Å². The summed E-state index contributed by atoms with van der Waals surface area (Å²) in [4.78, 5) is 63.9. The number of pyridine rings is 1. The Balaban J connectivity index is 0.863. The van der Waals surface area contributed by atoms with Crippen molar-refractivity contribution in [1.82, 2.24) is 44.7 Å². The molecule has 22 heteroatoms. The lowest BCUT2D eigenvalue weighted by Gasteiger charge is -2.47. The largest absolute Gasteiger partial charge is 0.544 e. The van der Waals surface area contributed by atoms with Crippen LogP contribution >= 0.6 is 11.6 Å². The molecule has 4 aliphatic rings. The molecule has 3 aromatic heterocycles. The highest BCUT2D eigenvalue weighted by Crippen LogP contribution is 2.37. The van der Waals surface area contributed by atoms with Crippen LogP contribution in [0.1, 0.15) is 45.9 Å². The fourth-order valence-corrected chi connectivity index (χ4v) is 9.39. The number of aliphatic carboxylic acids is 1. The summed E-state index contributed by atoms with van der Waals surface area (Å²) in [6.45, 7) is 5.62. The van der Waals surface area contributed by atoms with Crippen molar-refractivity contribution in [1.29, 1.82) is 0 Å². The molecule has 4 N–H and O–H groups in total. The first kappa shape index (κ1) is 44.9. The number of piperazine rings is 1. The molecule has 4 aliphatic heterocycles. The van der Waals surface area contributed by atoms with Gasteiger partial charge >= 0.3 is 6.18 Å². The van der Waals surface area contributed by atoms with Gasteiger partial charge in [0.2, 0.25) is 5.91 Å². The maximum absolute atomic E-state index is 14.3. The van der Waals surface area contributed by atoms with E-state index in [1.165, 1.54) is 42.1 Å². The molecule has 342 valence electrons. The SMILES string of the molecule is Cn1c(-c2cn(-c3ccc(NC[C@@H]4C[C@H](F)CN4)cn3)nc2C(F)(F)F)cnc1C(=O)Nc1ccc(C(=O)N2CCN(C(=O)C3CC[N+](CC(=O)[O-])(CC4CNC4)CC3)CC2)c(Cl)c1. The molecule has 2 atom stereocenters. The Morgan fingerprint density at radius 2 is 1.69 bits per heavy atom. The van der Waals surface area contributed by atoms with E-state index in [9.17, 15) is 41.8 Å². The molecular formula is C42H49ClF4N12O5. The number of imidazole rings is 1. The number of hydrogen-bond acceptors (Lipinski definition) is 11. The molecule has 4 aromatic rings. The average molecular weight is 913 g/mol. The minimum Gasteiger partial charge on any atom is -0.544 e. The number of piperidine rings is 1. The van der Waals surface area contributed by atoms with Crippen LogP contribution in [-0.4, -0.2) is 153 Å². The van der Waals surface area contributed by atoms with Crippen LogP contribution in [-0.2, 0) is 22.8 Å². The van der Waals surface area contributed by atoms with E-state index in [1.807, 2.05) is 0 Å². The number of carboxylic acid groups (broad SMARTS) is 1. The Morgan fingerprint density at radius 1 is 0.969 bits per heavy atom. The first-order valence-corrected chi connectivity index (χ1v) is 21.6. The molecule has 0 saturated carbocycles. The zero-order valence-corrected chi connectivity index (χ0v) is 35.8. The maximum atomic E-state index is 14.3. The lowest BCUT2D eigenvalue weighted by atomic mass is 9.90. The van der Waals surface area contributed by atoms with Crippen molar-refractivity contribution in [3.8, 4) is 17.1 Å². The third-order valence-corrected chi connectivity index (χ3v) is 13.0. The minimum atomic E-state index is -4.86. The van der Waals surface area contributed by atoms with Crippen molar-refractivity contribution in [2.24, 2.45) is 18.9 Å². The van der Waals surface area contributed by atoms with Gasteiger partial charge in [0.15, 0.2) is 17.3 Å². The van der Waals surface area contributed by atoms with Crippen LogP contribution in [0.3, 0.4) is 0 Å². The number of alkyl halides is 4. The molecule has 4 saturated heterocycles. The quantitative estimate of drug-likeness (QED) is 0.114. The molecule has 4 fully saturated rings. The molecule has 3 amide bonds. The number of nitrogens with one attached hydrogen (secondary N) is 4. The van der Waals surface area contributed by atoms with E-state index in [-0.39, 0.29) is 89.1 Å². The Bertz CT molecular complexity index is 2370. The Labute approximate surface area is 370 Å². The van der Waals surface area contributed by atoms with Crippen LogP contribution < -0.4 is 26.4 Å². The van der Waals surface area contributed by atoms with E-state index in [4.69, 9.17) is 11.6 Å². The van der Waals surface area contributed by atoms with Crippen LogP contribution in [0, 0.1) is 11.8 Å². The first-order valence-electron chi connectivity index (χ1n) is 21.3. The van der Waals surface area contributed by atoms with Crippen molar-refractivity contribution < 1.29 is 46.3 Å². The number of hydrogen-bond donors (Lipinski definition) is 4. The molecule has 0 spiro atoms. The third-order valence-electron chi connectivity index (χ3n) is 12.7. The van der Waals surface area contributed by atoms with Gasteiger partial charge in [0.1, 0.15) is 12.7 Å². The molecule has 0 unspecified atom stereocenters. The highest BCUT2D eigenvalue weighted by atomic mass is 35.5. The maximum Gasteiger partial charge on any atom is 0.435 e. The van der Waals surface area contributed by atoms with Crippen molar-refractivity contribution >= 4 is 46.7 Å². The van der Waals surface area contributed by atoms with Crippen molar-refractivity contribution in [3.63, 3.8) is 0 Å². The number of carboxylic acids is 1. The zero-order chi connectivity index (χ0) is 45.3. The molecule has 7 heterocycles. The molecule has 0 aliphatic carbocycles. The number of nitrogens with zero attached hydrogens (tertiary/aromatic N) is 8. The van der Waals surface area contributed by atoms with Gasteiger partial charge < -0.3 is 50.0 Å². The predicted molar refractivity (Wildman–Crippen MR) is 224 cm³/mol. The predicted octanol–water partition coefficient (Wildman–Crippen LogP) is 2.18. The van der Waals surface area contributed by atoms with Crippen LogP contribution in [0.25, 0.3) is 17.1 Å². The molecule has 0 radical (unpaired) electrons. The highest BCUT2D eigenvalue weighted by Gasteiger charge is 2.42. The van der Waals surface area contributed by atoms with Gasteiger partial charge in [-0.15, -0.1) is 0 Å². The molecule has 0 bridgehead atoms. The zero-order valence-electron chi connectivity index (χ0n) is 35.0. The van der Waals surface area contributed by atoms with Gasteiger partial charge in [-0.1, -0.05) is 11.6 Å². The number of benzene rings is 1. The highest BCUT2D eigenvalue weighted by molar-refractivity contribution is 6.34. The van der Waals surface area contributed by atoms with Crippen LogP contribution in [0.2, 0.25) is 5.02 Å². The summed E-state index contributed by atoms with van der Waals surface area (Å²) in [6.07, 6.45) is -0.467. The normalized spacial score (nSPS) is 22.9. The van der Waals surface area contributed by atoms with E-state index in [2.05, 4.69) is 36.3 Å². The van der Waals surface area contributed by atoms with Gasteiger partial charge in [0.05, 0.1) is 65.5 Å². The second-order valence-corrected chi connectivity index (χ2v) is 17.6. The van der Waals surface area contributed by atoms with Gasteiger partial charge in [0.25, 0.3) is 11.8 Å². The number of carbonyl (C=O) groups is 4. The fraction of sp³-hybridized carbons (Fsp3) is 0.500. The summed E-state index contributed by atoms with van der Waals surface area (Å²) in [7, 11) is 1.40. The number of carbonyl (C=O) groups excluding carboxylic acids is 4. The topological polar surface area (TPSA) is 194 Å². The third kappa shape index (κ3) is 9.86. The van der Waals surface area contributed by atoms with Gasteiger partial charge in [-0.05, 0) is 36.8 Å². The number of likely N-dealkylation sites (tertiary alicyclic amines) is 1. The van der Waals surface area contributed by atoms with Gasteiger partial charge in [-0.3, -0.25) is 14.4 Å². The second-order valence-electron chi connectivity index (χ2n) is 17.2. The summed E-state index contributed by atoms with van der Waals surface area (Å²) in [6, 6.07) is 7.42. The van der Waals surface area contributed by atoms with E-state index in [1.54, 1.807) is 15.9 Å². The summed E-state index contributed by atoms with van der Waals surface area (Å²) >= 11 is 6.57. The van der Waals surface area contributed by atoms with Crippen LogP contribution in [0.5, 0.6) is 0 Å². The minimum absolute atomic E-state index is 0.0119. The molecule has 64 heavy (non-hydrogen) atoms. The van der Waals surface area contributed by atoms with Gasteiger partial charge in [-0.2, -0.15) is 18.3 Å². The smallest absolute Gasteiger partial charge is 0.435 e. The lowest BCUT2D eigenvalue weighted by molar-refractivity contribution is -0.931. The number of aromatic nitrogens is 5. The molecule has 17 nitrogen and oxygen atoms in total. The fourth-order valence-electron chi connectivity index (χ4n) is 9.13. The number of amides is 3. The number of rotatable bonds is 13. The number of anilines is 2. The first-order chi connectivity index (χ1) is 30.6. The van der Waals surface area contributed by atoms with Gasteiger partial charge in [-0.25, -0.2) is 19.0 Å². The molecule has 1 aromatic carbocycles. The van der Waals surface area contributed by atoms with E-state index >= 15 is 0 Å². The van der Waals surface area contributed by atoms with Crippen molar-refractivity contribution in [2.75, 3.05) is 89.2 Å². The average Bonchev–Trinajstić information content (AvgIpc) is 3.99.